The van der Waals surface area contributed by atoms with Crippen molar-refractivity contribution >= 4 is 51.4 Å². The van der Waals surface area contributed by atoms with Crippen LogP contribution in [0.1, 0.15) is 27.8 Å². The molecule has 0 fully saturated rings. The lowest BCUT2D eigenvalue weighted by Crippen LogP contribution is -2.10. The van der Waals surface area contributed by atoms with Gasteiger partial charge in [0, 0.05) is 28.1 Å². The predicted molar refractivity (Wildman–Crippen MR) is 187 cm³/mol. The van der Waals surface area contributed by atoms with Crippen molar-refractivity contribution in [1.82, 2.24) is 0 Å². The molecular weight excluding hydrogens is 520 g/mol. The monoisotopic (exact) mass is 556 g/mol. The summed E-state index contributed by atoms with van der Waals surface area (Å²) in [7, 11) is 0. The standard InChI is InChI=1S/C41H36N2/c1-30-12-21-35(22-13-30)42-36-23-18-33(19-24-36)8-4-5-9-34-20-29-41(40-11-7-6-10-39(34)40)43(37-25-14-31(2)15-26-37)38-27-16-32(3)17-28-38/h4-29,42H,1-3H3/b8-4+,9-5+. The predicted octanol–water partition coefficient (Wildman–Crippen LogP) is 11.7. The van der Waals surface area contributed by atoms with E-state index < -0.39 is 0 Å². The van der Waals surface area contributed by atoms with Crippen molar-refractivity contribution in [3.63, 3.8) is 0 Å². The van der Waals surface area contributed by atoms with E-state index in [-0.39, 0.29) is 0 Å². The number of rotatable bonds is 8. The fraction of sp³-hybridized carbons (Fsp3) is 0.0732. The maximum atomic E-state index is 3.46. The Bertz CT molecular complexity index is 1830. The first-order valence-electron chi connectivity index (χ1n) is 14.8. The first-order valence-corrected chi connectivity index (χ1v) is 14.8. The van der Waals surface area contributed by atoms with Crippen molar-refractivity contribution in [3.8, 4) is 0 Å². The summed E-state index contributed by atoms with van der Waals surface area (Å²) < 4.78 is 0. The van der Waals surface area contributed by atoms with Gasteiger partial charge in [-0.25, -0.2) is 0 Å². The van der Waals surface area contributed by atoms with Crippen LogP contribution in [0, 0.1) is 20.8 Å². The molecule has 1 N–H and O–H groups in total. The highest BCUT2D eigenvalue weighted by atomic mass is 15.1. The molecule has 0 amide bonds. The largest absolute Gasteiger partial charge is 0.356 e. The molecular formula is C41H36N2. The molecule has 0 aromatic heterocycles. The molecule has 210 valence electrons. The molecule has 0 bridgehead atoms. The zero-order valence-electron chi connectivity index (χ0n) is 25.0. The molecule has 6 rings (SSSR count). The number of hydrogen-bond acceptors (Lipinski definition) is 2. The summed E-state index contributed by atoms with van der Waals surface area (Å²) in [5, 5.41) is 5.90. The van der Waals surface area contributed by atoms with Crippen LogP contribution in [0.4, 0.5) is 28.4 Å². The molecule has 6 aromatic carbocycles. The highest BCUT2D eigenvalue weighted by molar-refractivity contribution is 6.02. The first-order chi connectivity index (χ1) is 21.0. The van der Waals surface area contributed by atoms with Gasteiger partial charge in [0.15, 0.2) is 0 Å². The SMILES string of the molecule is Cc1ccc(Nc2ccc(/C=C/C=C/c3ccc(N(c4ccc(C)cc4)c4ccc(C)cc4)c4ccccc34)cc2)cc1. The second-order valence-corrected chi connectivity index (χ2v) is 11.1. The number of hydrogen-bond donors (Lipinski definition) is 1. The number of fused-ring (bicyclic) bond motifs is 1. The lowest BCUT2D eigenvalue weighted by Gasteiger charge is -2.27. The highest BCUT2D eigenvalue weighted by Gasteiger charge is 2.16. The maximum Gasteiger partial charge on any atom is 0.0540 e. The second-order valence-electron chi connectivity index (χ2n) is 11.1. The molecule has 2 heteroatoms. The van der Waals surface area contributed by atoms with Crippen molar-refractivity contribution < 1.29 is 0 Å². The Kier molecular flexibility index (Phi) is 8.19. The van der Waals surface area contributed by atoms with E-state index in [0.717, 1.165) is 34.0 Å². The summed E-state index contributed by atoms with van der Waals surface area (Å²) in [4.78, 5) is 2.35. The van der Waals surface area contributed by atoms with Gasteiger partial charge in [0.05, 0.1) is 5.69 Å². The number of nitrogens with one attached hydrogen (secondary N) is 1. The topological polar surface area (TPSA) is 15.3 Å². The lowest BCUT2D eigenvalue weighted by atomic mass is 10.0. The molecule has 2 nitrogen and oxygen atoms in total. The van der Waals surface area contributed by atoms with Crippen LogP contribution in [0.25, 0.3) is 22.9 Å². The average Bonchev–Trinajstić information content (AvgIpc) is 3.04. The van der Waals surface area contributed by atoms with E-state index in [0.29, 0.717) is 0 Å². The number of anilines is 5. The Morgan fingerprint density at radius 2 is 0.953 bits per heavy atom. The van der Waals surface area contributed by atoms with Gasteiger partial charge in [-0.1, -0.05) is 120 Å². The van der Waals surface area contributed by atoms with Crippen LogP contribution in [0.5, 0.6) is 0 Å². The minimum atomic E-state index is 1.08. The zero-order valence-corrected chi connectivity index (χ0v) is 25.0. The number of benzene rings is 6. The molecule has 43 heavy (non-hydrogen) atoms. The van der Waals surface area contributed by atoms with E-state index in [2.05, 4.69) is 189 Å². The fourth-order valence-electron chi connectivity index (χ4n) is 5.27. The van der Waals surface area contributed by atoms with Crippen LogP contribution in [0.2, 0.25) is 0 Å². The Labute approximate surface area is 255 Å². The van der Waals surface area contributed by atoms with Gasteiger partial charge in [0.1, 0.15) is 0 Å². The van der Waals surface area contributed by atoms with Gasteiger partial charge in [0.2, 0.25) is 0 Å². The van der Waals surface area contributed by atoms with E-state index in [1.165, 1.54) is 33.0 Å². The highest BCUT2D eigenvalue weighted by Crippen LogP contribution is 2.40. The second kappa shape index (κ2) is 12.7. The van der Waals surface area contributed by atoms with Crippen LogP contribution in [-0.4, -0.2) is 0 Å². The van der Waals surface area contributed by atoms with Crippen molar-refractivity contribution in [2.24, 2.45) is 0 Å². The Morgan fingerprint density at radius 1 is 0.465 bits per heavy atom. The van der Waals surface area contributed by atoms with Crippen LogP contribution < -0.4 is 10.2 Å². The summed E-state index contributed by atoms with van der Waals surface area (Å²) in [6, 6.07) is 47.6. The summed E-state index contributed by atoms with van der Waals surface area (Å²) in [6.45, 7) is 6.36. The first kappa shape index (κ1) is 27.8. The minimum absolute atomic E-state index is 1.08. The minimum Gasteiger partial charge on any atom is -0.356 e. The Morgan fingerprint density at radius 3 is 1.53 bits per heavy atom. The van der Waals surface area contributed by atoms with Crippen molar-refractivity contribution in [3.05, 3.63) is 173 Å². The van der Waals surface area contributed by atoms with Gasteiger partial charge in [-0.3, -0.25) is 0 Å². The molecule has 0 unspecified atom stereocenters. The summed E-state index contributed by atoms with van der Waals surface area (Å²) in [5.74, 6) is 0. The van der Waals surface area contributed by atoms with E-state index in [9.17, 15) is 0 Å². The normalized spacial score (nSPS) is 11.4. The van der Waals surface area contributed by atoms with Crippen molar-refractivity contribution in [2.45, 2.75) is 20.8 Å². The molecule has 0 heterocycles. The molecule has 0 radical (unpaired) electrons. The van der Waals surface area contributed by atoms with Crippen molar-refractivity contribution in [1.29, 1.82) is 0 Å². The molecule has 0 aliphatic rings. The van der Waals surface area contributed by atoms with E-state index >= 15 is 0 Å². The molecule has 0 spiro atoms. The van der Waals surface area contributed by atoms with Gasteiger partial charge in [-0.15, -0.1) is 0 Å². The van der Waals surface area contributed by atoms with E-state index in [1.807, 2.05) is 0 Å². The van der Waals surface area contributed by atoms with Gasteiger partial charge in [-0.2, -0.15) is 0 Å². The quantitative estimate of drug-likeness (QED) is 0.188. The van der Waals surface area contributed by atoms with Crippen molar-refractivity contribution in [2.75, 3.05) is 10.2 Å². The van der Waals surface area contributed by atoms with E-state index in [1.54, 1.807) is 0 Å². The molecule has 0 saturated carbocycles. The summed E-state index contributed by atoms with van der Waals surface area (Å²) >= 11 is 0. The van der Waals surface area contributed by atoms with Gasteiger partial charge in [-0.05, 0) is 91.9 Å². The maximum absolute atomic E-state index is 3.46. The molecule has 0 saturated heterocycles. The average molecular weight is 557 g/mol. The Balaban J connectivity index is 1.25. The third kappa shape index (κ3) is 6.60. The van der Waals surface area contributed by atoms with Crippen LogP contribution in [0.15, 0.2) is 146 Å². The summed E-state index contributed by atoms with van der Waals surface area (Å²) in [6.07, 6.45) is 8.56. The number of aryl methyl sites for hydroxylation is 3. The molecule has 0 aliphatic heterocycles. The molecule has 6 aromatic rings. The summed E-state index contributed by atoms with van der Waals surface area (Å²) in [5.41, 5.74) is 11.7. The van der Waals surface area contributed by atoms with Crippen LogP contribution in [-0.2, 0) is 0 Å². The fourth-order valence-corrected chi connectivity index (χ4v) is 5.27. The Hall–Kier alpha value is -5.34. The zero-order chi connectivity index (χ0) is 29.6. The molecule has 0 atom stereocenters. The number of nitrogens with zero attached hydrogens (tertiary/aromatic N) is 1. The van der Waals surface area contributed by atoms with Gasteiger partial charge < -0.3 is 10.2 Å². The van der Waals surface area contributed by atoms with Gasteiger partial charge >= 0.3 is 0 Å². The smallest absolute Gasteiger partial charge is 0.0540 e. The van der Waals surface area contributed by atoms with Crippen LogP contribution >= 0.6 is 0 Å². The van der Waals surface area contributed by atoms with Crippen LogP contribution in [0.3, 0.4) is 0 Å². The third-order valence-corrected chi connectivity index (χ3v) is 7.69. The molecule has 0 aliphatic carbocycles. The van der Waals surface area contributed by atoms with Gasteiger partial charge in [0.25, 0.3) is 0 Å². The number of allylic oxidation sites excluding steroid dienone is 2. The lowest BCUT2D eigenvalue weighted by molar-refractivity contribution is 1.28. The van der Waals surface area contributed by atoms with E-state index in [4.69, 9.17) is 0 Å². The third-order valence-electron chi connectivity index (χ3n) is 7.69.